The van der Waals surface area contributed by atoms with Crippen molar-refractivity contribution in [2.45, 2.75) is 18.3 Å². The van der Waals surface area contributed by atoms with Crippen LogP contribution in [0.1, 0.15) is 18.4 Å². The third-order valence-corrected chi connectivity index (χ3v) is 2.54. The minimum Gasteiger partial charge on any atom is -0.504 e. The third-order valence-electron chi connectivity index (χ3n) is 2.54. The molecule has 0 saturated heterocycles. The lowest BCUT2D eigenvalue weighted by atomic mass is 9.96. The molecular formula is C10H8FNO2. The summed E-state index contributed by atoms with van der Waals surface area (Å²) in [4.78, 5) is 0. The van der Waals surface area contributed by atoms with E-state index in [2.05, 4.69) is 0 Å². The first-order valence-electron chi connectivity index (χ1n) is 4.22. The number of phenolic OH excluding ortho intramolecular Hbond substituents is 2. The molecule has 0 unspecified atom stereocenters. The molecule has 2 rings (SSSR count). The molecule has 4 heteroatoms. The van der Waals surface area contributed by atoms with Crippen molar-refractivity contribution in [1.82, 2.24) is 0 Å². The van der Waals surface area contributed by atoms with Crippen LogP contribution in [0.25, 0.3) is 0 Å². The molecule has 0 aliphatic heterocycles. The van der Waals surface area contributed by atoms with Crippen LogP contribution < -0.4 is 0 Å². The number of halogens is 1. The van der Waals surface area contributed by atoms with E-state index in [9.17, 15) is 9.50 Å². The molecule has 0 heterocycles. The molecule has 2 N–H and O–H groups in total. The zero-order chi connectivity index (χ0) is 10.3. The van der Waals surface area contributed by atoms with Crippen molar-refractivity contribution in [3.05, 3.63) is 23.5 Å². The first-order chi connectivity index (χ1) is 6.59. The molecule has 1 aromatic carbocycles. The predicted molar refractivity (Wildman–Crippen MR) is 46.3 cm³/mol. The summed E-state index contributed by atoms with van der Waals surface area (Å²) in [5, 5.41) is 27.0. The van der Waals surface area contributed by atoms with Crippen LogP contribution in [-0.2, 0) is 5.41 Å². The molecule has 0 aromatic heterocycles. The van der Waals surface area contributed by atoms with Gasteiger partial charge in [-0.05, 0) is 18.9 Å². The number of aromatic hydroxyl groups is 2. The van der Waals surface area contributed by atoms with Crippen molar-refractivity contribution in [2.24, 2.45) is 0 Å². The molecule has 1 aliphatic carbocycles. The SMILES string of the molecule is N#CC1(c2cc(O)c(O)cc2F)CC1. The van der Waals surface area contributed by atoms with E-state index in [4.69, 9.17) is 10.4 Å². The van der Waals surface area contributed by atoms with Crippen LogP contribution in [0.15, 0.2) is 12.1 Å². The summed E-state index contributed by atoms with van der Waals surface area (Å²) in [6.45, 7) is 0. The van der Waals surface area contributed by atoms with Gasteiger partial charge in [0.15, 0.2) is 11.5 Å². The Morgan fingerprint density at radius 2 is 1.86 bits per heavy atom. The normalized spacial score (nSPS) is 17.4. The predicted octanol–water partition coefficient (Wildman–Crippen LogP) is 1.79. The van der Waals surface area contributed by atoms with Crippen LogP contribution >= 0.6 is 0 Å². The Labute approximate surface area is 80.0 Å². The zero-order valence-electron chi connectivity index (χ0n) is 7.29. The number of nitrogens with zero attached hydrogens (tertiary/aromatic N) is 1. The Bertz CT molecular complexity index is 432. The van der Waals surface area contributed by atoms with Gasteiger partial charge in [0.05, 0.1) is 11.5 Å². The highest BCUT2D eigenvalue weighted by molar-refractivity contribution is 5.48. The van der Waals surface area contributed by atoms with E-state index in [0.717, 1.165) is 12.1 Å². The molecule has 0 amide bonds. The maximum Gasteiger partial charge on any atom is 0.160 e. The van der Waals surface area contributed by atoms with Crippen molar-refractivity contribution >= 4 is 0 Å². The molecule has 0 bridgehead atoms. The molecular weight excluding hydrogens is 185 g/mol. The Balaban J connectivity index is 2.55. The molecule has 3 nitrogen and oxygen atoms in total. The summed E-state index contributed by atoms with van der Waals surface area (Å²) in [5.41, 5.74) is -0.606. The van der Waals surface area contributed by atoms with Gasteiger partial charge in [0.2, 0.25) is 0 Å². The van der Waals surface area contributed by atoms with Gasteiger partial charge < -0.3 is 10.2 Å². The van der Waals surface area contributed by atoms with Crippen molar-refractivity contribution in [3.63, 3.8) is 0 Å². The Morgan fingerprint density at radius 1 is 1.29 bits per heavy atom. The van der Waals surface area contributed by atoms with E-state index in [-0.39, 0.29) is 11.3 Å². The monoisotopic (exact) mass is 193 g/mol. The second kappa shape index (κ2) is 2.61. The van der Waals surface area contributed by atoms with E-state index in [1.165, 1.54) is 0 Å². The molecule has 0 atom stereocenters. The standard InChI is InChI=1S/C10H8FNO2/c11-7-4-9(14)8(13)3-6(7)10(5-12)1-2-10/h3-4,13-14H,1-2H2. The van der Waals surface area contributed by atoms with Gasteiger partial charge in [0.25, 0.3) is 0 Å². The summed E-state index contributed by atoms with van der Waals surface area (Å²) in [6, 6.07) is 3.98. The smallest absolute Gasteiger partial charge is 0.160 e. The second-order valence-corrected chi connectivity index (χ2v) is 3.51. The molecule has 1 saturated carbocycles. The van der Waals surface area contributed by atoms with Gasteiger partial charge >= 0.3 is 0 Å². The van der Waals surface area contributed by atoms with Crippen molar-refractivity contribution in [1.29, 1.82) is 5.26 Å². The van der Waals surface area contributed by atoms with Gasteiger partial charge in [0, 0.05) is 11.6 Å². The zero-order valence-corrected chi connectivity index (χ0v) is 7.29. The first-order valence-corrected chi connectivity index (χ1v) is 4.22. The van der Waals surface area contributed by atoms with Crippen molar-refractivity contribution < 1.29 is 14.6 Å². The average molecular weight is 193 g/mol. The number of hydrogen-bond acceptors (Lipinski definition) is 3. The van der Waals surface area contributed by atoms with E-state index in [0.29, 0.717) is 12.8 Å². The van der Waals surface area contributed by atoms with Gasteiger partial charge in [-0.2, -0.15) is 5.26 Å². The number of rotatable bonds is 1. The third kappa shape index (κ3) is 1.10. The molecule has 0 radical (unpaired) electrons. The second-order valence-electron chi connectivity index (χ2n) is 3.51. The van der Waals surface area contributed by atoms with Crippen molar-refractivity contribution in [2.75, 3.05) is 0 Å². The number of nitriles is 1. The fourth-order valence-corrected chi connectivity index (χ4v) is 1.48. The minimum atomic E-state index is -0.782. The van der Waals surface area contributed by atoms with E-state index < -0.39 is 17.0 Å². The van der Waals surface area contributed by atoms with E-state index in [1.54, 1.807) is 0 Å². The lowest BCUT2D eigenvalue weighted by molar-refractivity contribution is 0.398. The Hall–Kier alpha value is -1.76. The van der Waals surface area contributed by atoms with Gasteiger partial charge in [-0.3, -0.25) is 0 Å². The number of benzene rings is 1. The highest BCUT2D eigenvalue weighted by Gasteiger charge is 2.47. The van der Waals surface area contributed by atoms with E-state index in [1.807, 2.05) is 6.07 Å². The molecule has 14 heavy (non-hydrogen) atoms. The molecule has 1 aromatic rings. The average Bonchev–Trinajstić information content (AvgIpc) is 2.92. The Kier molecular flexibility index (Phi) is 1.65. The van der Waals surface area contributed by atoms with Gasteiger partial charge in [-0.15, -0.1) is 0 Å². The highest BCUT2D eigenvalue weighted by atomic mass is 19.1. The summed E-state index contributed by atoms with van der Waals surface area (Å²) in [5.74, 6) is -1.53. The molecule has 1 aliphatic rings. The molecule has 0 spiro atoms. The minimum absolute atomic E-state index is 0.176. The summed E-state index contributed by atoms with van der Waals surface area (Å²) >= 11 is 0. The summed E-state index contributed by atoms with van der Waals surface area (Å²) in [7, 11) is 0. The highest BCUT2D eigenvalue weighted by Crippen LogP contribution is 2.50. The Morgan fingerprint density at radius 3 is 2.36 bits per heavy atom. The van der Waals surface area contributed by atoms with Crippen molar-refractivity contribution in [3.8, 4) is 17.6 Å². The maximum atomic E-state index is 13.3. The van der Waals surface area contributed by atoms with Crippen LogP contribution in [0, 0.1) is 17.1 Å². The van der Waals surface area contributed by atoms with Gasteiger partial charge in [-0.25, -0.2) is 4.39 Å². The van der Waals surface area contributed by atoms with Gasteiger partial charge in [0.1, 0.15) is 5.82 Å². The maximum absolute atomic E-state index is 13.3. The quantitative estimate of drug-likeness (QED) is 0.668. The van der Waals surface area contributed by atoms with Crippen LogP contribution in [0.2, 0.25) is 0 Å². The first kappa shape index (κ1) is 8.82. The number of hydrogen-bond donors (Lipinski definition) is 2. The van der Waals surface area contributed by atoms with Crippen LogP contribution in [-0.4, -0.2) is 10.2 Å². The number of phenols is 2. The van der Waals surface area contributed by atoms with Gasteiger partial charge in [-0.1, -0.05) is 0 Å². The molecule has 72 valence electrons. The van der Waals surface area contributed by atoms with Crippen LogP contribution in [0.4, 0.5) is 4.39 Å². The summed E-state index contributed by atoms with van der Waals surface area (Å²) < 4.78 is 13.3. The largest absolute Gasteiger partial charge is 0.504 e. The fourth-order valence-electron chi connectivity index (χ4n) is 1.48. The lowest BCUT2D eigenvalue weighted by Gasteiger charge is -2.08. The van der Waals surface area contributed by atoms with Crippen LogP contribution in [0.3, 0.4) is 0 Å². The van der Waals surface area contributed by atoms with E-state index >= 15 is 0 Å². The lowest BCUT2D eigenvalue weighted by Crippen LogP contribution is -2.05. The fraction of sp³-hybridized carbons (Fsp3) is 0.300. The molecule has 1 fully saturated rings. The van der Waals surface area contributed by atoms with Crippen LogP contribution in [0.5, 0.6) is 11.5 Å². The topological polar surface area (TPSA) is 64.2 Å². The summed E-state index contributed by atoms with van der Waals surface area (Å²) in [6.07, 6.45) is 1.20.